The van der Waals surface area contributed by atoms with Gasteiger partial charge in [0.15, 0.2) is 0 Å². The average molecular weight is 548 g/mol. The van der Waals surface area contributed by atoms with Gasteiger partial charge in [-0.15, -0.1) is 0 Å². The van der Waals surface area contributed by atoms with Crippen LogP contribution in [-0.4, -0.2) is 110 Å². The monoisotopic (exact) mass is 547 g/mol. The van der Waals surface area contributed by atoms with E-state index in [1.807, 2.05) is 0 Å². The number of rotatable bonds is 19. The zero-order chi connectivity index (χ0) is 22.7. The highest BCUT2D eigenvalue weighted by Crippen LogP contribution is 2.12. The molecule has 12 nitrogen and oxygen atoms in total. The smallest absolute Gasteiger partial charge is 0.430 e. The van der Waals surface area contributed by atoms with Gasteiger partial charge in [-0.3, -0.25) is 14.4 Å². The molecule has 0 bridgehead atoms. The largest absolute Gasteiger partial charge is 0.534 e. The maximum atomic E-state index is 11.4. The molecular weight excluding hydrogens is 490 g/mol. The summed E-state index contributed by atoms with van der Waals surface area (Å²) in [4.78, 5) is 38.7. The Kier molecular flexibility index (Phi) is 42.0. The Morgan fingerprint density at radius 2 is 1.03 bits per heavy atom. The van der Waals surface area contributed by atoms with E-state index in [4.69, 9.17) is 33.2 Å². The van der Waals surface area contributed by atoms with E-state index in [0.29, 0.717) is 64.5 Å². The molecule has 1 rings (SSSR count). The summed E-state index contributed by atoms with van der Waals surface area (Å²) in [5.74, 6) is -1.08. The molecule has 1 saturated heterocycles. The molecule has 0 aromatic heterocycles. The number of carbonyl (C=O) groups excluding carboxylic acids is 3. The molecule has 2 amide bonds. The Labute approximate surface area is 226 Å². The molecule has 12 heteroatoms. The highest BCUT2D eigenvalue weighted by atomic mass is 16.8. The van der Waals surface area contributed by atoms with Crippen molar-refractivity contribution in [3.8, 4) is 0 Å². The molecule has 0 unspecified atom stereocenters. The second-order valence-electron chi connectivity index (χ2n) is 6.46. The van der Waals surface area contributed by atoms with E-state index in [9.17, 15) is 14.4 Å². The van der Waals surface area contributed by atoms with Crippen LogP contribution in [0.3, 0.4) is 0 Å². The molecule has 0 spiro atoms. The van der Waals surface area contributed by atoms with Crippen molar-refractivity contribution < 1.29 is 52.4 Å². The van der Waals surface area contributed by atoms with Crippen LogP contribution in [0.5, 0.6) is 0 Å². The lowest BCUT2D eigenvalue weighted by atomic mass is 10.2. The number of carbonyl (C=O) groups is 3. The normalized spacial score (nSPS) is 11.7. The van der Waals surface area contributed by atoms with Crippen molar-refractivity contribution in [2.45, 2.75) is 57.4 Å². The minimum Gasteiger partial charge on any atom is -0.430 e. The highest BCUT2D eigenvalue weighted by molar-refractivity contribution is 6.01. The predicted molar refractivity (Wildman–Crippen MR) is 144 cm³/mol. The first kappa shape index (κ1) is 48.3. The maximum absolute atomic E-state index is 11.4. The topological polar surface area (TPSA) is 128 Å². The molecule has 1 fully saturated rings. The van der Waals surface area contributed by atoms with Crippen LogP contribution >= 0.6 is 0 Å². The SMILES string of the molecule is C.C.C.C.C.C.COCCOCC(COCCOC)COCCOCCOC(=O)ON1C(=O)CCC1=O. The standard InChI is InChI=1S/C19H33NO11.6CH4/c1-24-5-7-27-13-16(14-28-8-6-25-2)15-29-10-9-26-11-12-30-19(23)31-20-17(21)3-4-18(20)22;;;;;;/h16H,3-15H2,1-2H3;6*1H4. The summed E-state index contributed by atoms with van der Waals surface area (Å²) in [6.45, 7) is 4.10. The predicted octanol–water partition coefficient (Wildman–Crippen LogP) is 4.00. The van der Waals surface area contributed by atoms with Crippen molar-refractivity contribution in [1.82, 2.24) is 5.06 Å². The van der Waals surface area contributed by atoms with E-state index in [-0.39, 0.29) is 76.5 Å². The average Bonchev–Trinajstić information content (AvgIpc) is 3.07. The van der Waals surface area contributed by atoms with E-state index in [1.54, 1.807) is 14.2 Å². The molecule has 1 aliphatic rings. The van der Waals surface area contributed by atoms with Crippen molar-refractivity contribution in [2.24, 2.45) is 5.92 Å². The summed E-state index contributed by atoms with van der Waals surface area (Å²) in [5.41, 5.74) is 0. The van der Waals surface area contributed by atoms with Crippen molar-refractivity contribution in [3.63, 3.8) is 0 Å². The summed E-state index contributed by atoms with van der Waals surface area (Å²) in [5, 5.41) is 0.422. The second kappa shape index (κ2) is 32.2. The van der Waals surface area contributed by atoms with E-state index in [0.717, 1.165) is 0 Å². The molecule has 0 aliphatic carbocycles. The minimum absolute atomic E-state index is 0. The van der Waals surface area contributed by atoms with Crippen LogP contribution in [0.4, 0.5) is 4.79 Å². The molecule has 0 N–H and O–H groups in total. The Balaban J connectivity index is -0.000000400. The van der Waals surface area contributed by atoms with E-state index in [2.05, 4.69) is 4.84 Å². The van der Waals surface area contributed by atoms with E-state index < -0.39 is 18.0 Å². The molecule has 0 saturated carbocycles. The van der Waals surface area contributed by atoms with Gasteiger partial charge in [0.05, 0.1) is 66.1 Å². The number of hydrogen-bond donors (Lipinski definition) is 0. The molecule has 0 radical (unpaired) electrons. The molecule has 1 aliphatic heterocycles. The first-order valence-electron chi connectivity index (χ1n) is 10.1. The molecule has 228 valence electrons. The molecule has 37 heavy (non-hydrogen) atoms. The van der Waals surface area contributed by atoms with Gasteiger partial charge in [-0.1, -0.05) is 49.6 Å². The third-order valence-corrected chi connectivity index (χ3v) is 3.92. The lowest BCUT2D eigenvalue weighted by Gasteiger charge is -2.17. The Hall–Kier alpha value is -1.83. The fourth-order valence-electron chi connectivity index (χ4n) is 2.34. The van der Waals surface area contributed by atoms with Crippen LogP contribution in [-0.2, 0) is 47.6 Å². The summed E-state index contributed by atoms with van der Waals surface area (Å²) >= 11 is 0. The van der Waals surface area contributed by atoms with Crippen molar-refractivity contribution in [2.75, 3.05) is 86.9 Å². The van der Waals surface area contributed by atoms with Crippen LogP contribution in [0.25, 0.3) is 0 Å². The zero-order valence-electron chi connectivity index (χ0n) is 18.2. The molecule has 0 aromatic carbocycles. The number of nitrogens with zero attached hydrogens (tertiary/aromatic N) is 1. The van der Waals surface area contributed by atoms with Crippen LogP contribution < -0.4 is 0 Å². The third-order valence-electron chi connectivity index (χ3n) is 3.92. The van der Waals surface area contributed by atoms with E-state index in [1.165, 1.54) is 0 Å². The minimum atomic E-state index is -1.13. The summed E-state index contributed by atoms with van der Waals surface area (Å²) < 4.78 is 36.6. The van der Waals surface area contributed by atoms with Crippen molar-refractivity contribution in [1.29, 1.82) is 0 Å². The Bertz CT molecular complexity index is 493. The van der Waals surface area contributed by atoms with Gasteiger partial charge in [-0.05, 0) is 0 Å². The van der Waals surface area contributed by atoms with Crippen LogP contribution in [0.1, 0.15) is 57.4 Å². The molecule has 0 aromatic rings. The Morgan fingerprint density at radius 1 is 0.649 bits per heavy atom. The van der Waals surface area contributed by atoms with Gasteiger partial charge in [0.25, 0.3) is 11.8 Å². The maximum Gasteiger partial charge on any atom is 0.534 e. The van der Waals surface area contributed by atoms with Gasteiger partial charge in [-0.25, -0.2) is 4.79 Å². The summed E-state index contributed by atoms with van der Waals surface area (Å²) in [7, 11) is 3.22. The van der Waals surface area contributed by atoms with Crippen LogP contribution in [0.2, 0.25) is 0 Å². The fraction of sp³-hybridized carbons (Fsp3) is 0.880. The number of imide groups is 1. The summed E-state index contributed by atoms with van der Waals surface area (Å²) in [6.07, 6.45) is -1.09. The van der Waals surface area contributed by atoms with Gasteiger partial charge >= 0.3 is 6.16 Å². The molecule has 0 atom stereocenters. The first-order valence-corrected chi connectivity index (χ1v) is 10.1. The van der Waals surface area contributed by atoms with Gasteiger partial charge in [-0.2, -0.15) is 0 Å². The van der Waals surface area contributed by atoms with Gasteiger partial charge in [0.2, 0.25) is 0 Å². The first-order chi connectivity index (χ1) is 15.1. The zero-order valence-corrected chi connectivity index (χ0v) is 18.2. The van der Waals surface area contributed by atoms with Gasteiger partial charge in [0, 0.05) is 33.0 Å². The quantitative estimate of drug-likeness (QED) is 0.132. The molecular formula is C25H57NO11. The third kappa shape index (κ3) is 24.3. The lowest BCUT2D eigenvalue weighted by molar-refractivity contribution is -0.177. The van der Waals surface area contributed by atoms with Crippen molar-refractivity contribution >= 4 is 18.0 Å². The highest BCUT2D eigenvalue weighted by Gasteiger charge is 2.33. The fourth-order valence-corrected chi connectivity index (χ4v) is 2.34. The van der Waals surface area contributed by atoms with Crippen LogP contribution in [0, 0.1) is 5.92 Å². The molecule has 1 heterocycles. The van der Waals surface area contributed by atoms with Crippen LogP contribution in [0.15, 0.2) is 0 Å². The number of hydroxylamine groups is 2. The summed E-state index contributed by atoms with van der Waals surface area (Å²) in [6, 6.07) is 0. The number of amides is 2. The Morgan fingerprint density at radius 3 is 1.46 bits per heavy atom. The lowest BCUT2D eigenvalue weighted by Crippen LogP contribution is -2.32. The number of ether oxygens (including phenoxy) is 7. The number of hydrogen-bond acceptors (Lipinski definition) is 11. The van der Waals surface area contributed by atoms with Crippen molar-refractivity contribution in [3.05, 3.63) is 0 Å². The van der Waals surface area contributed by atoms with E-state index >= 15 is 0 Å². The van der Waals surface area contributed by atoms with Gasteiger partial charge < -0.3 is 33.2 Å². The van der Waals surface area contributed by atoms with Gasteiger partial charge in [0.1, 0.15) is 6.61 Å². The second-order valence-corrected chi connectivity index (χ2v) is 6.46. The number of methoxy groups -OCH3 is 2.